The Kier molecular flexibility index (Phi) is 7.25. The molecular formula is C29H31N9O. The van der Waals surface area contributed by atoms with E-state index >= 15 is 0 Å². The Labute approximate surface area is 227 Å². The Morgan fingerprint density at radius 2 is 1.85 bits per heavy atom. The van der Waals surface area contributed by atoms with Gasteiger partial charge in [-0.25, -0.2) is 14.6 Å². The van der Waals surface area contributed by atoms with Crippen LogP contribution in [0, 0.1) is 11.3 Å². The molecule has 10 nitrogen and oxygen atoms in total. The normalized spacial score (nSPS) is 18.2. The Morgan fingerprint density at radius 1 is 1.00 bits per heavy atom. The third kappa shape index (κ3) is 5.95. The Bertz CT molecular complexity index is 1480. The topological polar surface area (TPSA) is 118 Å². The molecule has 4 aromatic rings. The largest absolute Gasteiger partial charge is 0.379 e. The first-order chi connectivity index (χ1) is 19.1. The summed E-state index contributed by atoms with van der Waals surface area (Å²) < 4.78 is 7.31. The maximum atomic E-state index is 9.37. The van der Waals surface area contributed by atoms with Gasteiger partial charge in [0.2, 0.25) is 5.95 Å². The van der Waals surface area contributed by atoms with Crippen LogP contribution in [0.25, 0.3) is 22.6 Å². The molecule has 0 aliphatic carbocycles. The lowest BCUT2D eigenvalue weighted by Gasteiger charge is -2.28. The van der Waals surface area contributed by atoms with Crippen LogP contribution in [0.15, 0.2) is 54.7 Å². The lowest BCUT2D eigenvalue weighted by molar-refractivity contribution is 0.195. The molecule has 6 rings (SSSR count). The minimum atomic E-state index is 0.150. The van der Waals surface area contributed by atoms with E-state index in [1.807, 2.05) is 36.5 Å². The lowest BCUT2D eigenvalue weighted by Crippen LogP contribution is -2.29. The van der Waals surface area contributed by atoms with Crippen LogP contribution in [0.3, 0.4) is 0 Å². The highest BCUT2D eigenvalue weighted by atomic mass is 16.5. The van der Waals surface area contributed by atoms with Crippen LogP contribution in [-0.4, -0.2) is 74.2 Å². The number of nitrogens with one attached hydrogen (secondary N) is 1. The Balaban J connectivity index is 1.26. The van der Waals surface area contributed by atoms with E-state index in [2.05, 4.69) is 45.8 Å². The molecule has 1 N–H and O–H groups in total. The Morgan fingerprint density at radius 3 is 2.67 bits per heavy atom. The van der Waals surface area contributed by atoms with Gasteiger partial charge in [-0.2, -0.15) is 5.26 Å². The molecule has 1 atom stereocenters. The minimum absolute atomic E-state index is 0.150. The molecule has 0 radical (unpaired) electrons. The number of anilines is 1. The molecule has 0 amide bonds. The van der Waals surface area contributed by atoms with Crippen molar-refractivity contribution in [3.8, 4) is 28.7 Å². The predicted octanol–water partition coefficient (Wildman–Crippen LogP) is 3.73. The quantitative estimate of drug-likeness (QED) is 0.388. The van der Waals surface area contributed by atoms with Gasteiger partial charge in [-0.05, 0) is 69.7 Å². The molecular weight excluding hydrogens is 490 g/mol. The third-order valence-electron chi connectivity index (χ3n) is 7.37. The molecule has 2 aliphatic heterocycles. The van der Waals surface area contributed by atoms with Crippen molar-refractivity contribution in [2.45, 2.75) is 37.8 Å². The zero-order chi connectivity index (χ0) is 26.6. The minimum Gasteiger partial charge on any atom is -0.379 e. The molecule has 198 valence electrons. The average molecular weight is 522 g/mol. The fourth-order valence-electron chi connectivity index (χ4n) is 5.15. The standard InChI is InChI=1S/C29H31N9O/c1-37-11-8-21(9-12-37)25-7-3-6-23(31-25)17-38-18-28(35-36-38)27-15-26(22-5-2-4-20(14-22)16-30)33-29(34-27)32-24-10-13-39-19-24/h2-7,14-15,18,21,24H,8-13,17,19H2,1H3,(H,32,33,34)/t24-/m1/s1. The van der Waals surface area contributed by atoms with Crippen molar-refractivity contribution in [2.24, 2.45) is 0 Å². The molecule has 0 spiro atoms. The summed E-state index contributed by atoms with van der Waals surface area (Å²) in [5.41, 5.74) is 5.55. The van der Waals surface area contributed by atoms with Crippen LogP contribution in [0.4, 0.5) is 5.95 Å². The SMILES string of the molecule is CN1CCC(c2cccc(Cn3cc(-c4cc(-c5cccc(C#N)c5)nc(N[C@@H]5CCOC5)n4)nn3)n2)CC1. The summed E-state index contributed by atoms with van der Waals surface area (Å²) in [4.78, 5) is 16.8. The number of rotatable bonds is 7. The van der Waals surface area contributed by atoms with Gasteiger partial charge in [-0.15, -0.1) is 5.10 Å². The first-order valence-electron chi connectivity index (χ1n) is 13.4. The van der Waals surface area contributed by atoms with Crippen molar-refractivity contribution < 1.29 is 4.74 Å². The van der Waals surface area contributed by atoms with Crippen molar-refractivity contribution in [1.82, 2.24) is 34.8 Å². The van der Waals surface area contributed by atoms with E-state index in [9.17, 15) is 5.26 Å². The summed E-state index contributed by atoms with van der Waals surface area (Å²) in [5.74, 6) is 1.00. The number of hydrogen-bond acceptors (Lipinski definition) is 9. The van der Waals surface area contributed by atoms with Gasteiger partial charge in [0, 0.05) is 23.8 Å². The number of pyridine rings is 1. The van der Waals surface area contributed by atoms with Crippen LogP contribution in [0.2, 0.25) is 0 Å². The maximum Gasteiger partial charge on any atom is 0.224 e. The van der Waals surface area contributed by atoms with Crippen molar-refractivity contribution in [3.63, 3.8) is 0 Å². The zero-order valence-electron chi connectivity index (χ0n) is 22.0. The summed E-state index contributed by atoms with van der Waals surface area (Å²) >= 11 is 0. The highest BCUT2D eigenvalue weighted by Crippen LogP contribution is 2.27. The molecule has 0 saturated carbocycles. The van der Waals surface area contributed by atoms with Crippen LogP contribution in [0.5, 0.6) is 0 Å². The van der Waals surface area contributed by atoms with Gasteiger partial charge in [0.1, 0.15) is 5.69 Å². The van der Waals surface area contributed by atoms with E-state index in [1.165, 1.54) is 0 Å². The molecule has 0 unspecified atom stereocenters. The number of benzene rings is 1. The molecule has 1 aromatic carbocycles. The van der Waals surface area contributed by atoms with Gasteiger partial charge in [0.25, 0.3) is 0 Å². The van der Waals surface area contributed by atoms with Gasteiger partial charge in [-0.3, -0.25) is 4.98 Å². The highest BCUT2D eigenvalue weighted by molar-refractivity contribution is 5.68. The third-order valence-corrected chi connectivity index (χ3v) is 7.37. The summed E-state index contributed by atoms with van der Waals surface area (Å²) in [6.07, 6.45) is 5.06. The summed E-state index contributed by atoms with van der Waals surface area (Å²) in [5, 5.41) is 21.6. The average Bonchev–Trinajstić information content (AvgIpc) is 3.66. The second-order valence-electron chi connectivity index (χ2n) is 10.3. The monoisotopic (exact) mass is 521 g/mol. The fraction of sp³-hybridized carbons (Fsp3) is 0.379. The summed E-state index contributed by atoms with van der Waals surface area (Å²) in [6, 6.07) is 17.9. The van der Waals surface area contributed by atoms with E-state index in [0.717, 1.165) is 55.9 Å². The van der Waals surface area contributed by atoms with Gasteiger partial charge in [-0.1, -0.05) is 23.4 Å². The molecule has 0 bridgehead atoms. The second-order valence-corrected chi connectivity index (χ2v) is 10.3. The van der Waals surface area contributed by atoms with Gasteiger partial charge in [0.15, 0.2) is 0 Å². The number of nitrogens with zero attached hydrogens (tertiary/aromatic N) is 8. The second kappa shape index (κ2) is 11.3. The molecule has 10 heteroatoms. The lowest BCUT2D eigenvalue weighted by atomic mass is 9.93. The van der Waals surface area contributed by atoms with Crippen LogP contribution < -0.4 is 5.32 Å². The van der Waals surface area contributed by atoms with Gasteiger partial charge < -0.3 is 15.0 Å². The molecule has 5 heterocycles. The zero-order valence-corrected chi connectivity index (χ0v) is 22.0. The number of likely N-dealkylation sites (tertiary alicyclic amines) is 1. The summed E-state index contributed by atoms with van der Waals surface area (Å²) in [6.45, 7) is 4.08. The van der Waals surface area contributed by atoms with Crippen LogP contribution in [0.1, 0.15) is 42.1 Å². The molecule has 2 fully saturated rings. The van der Waals surface area contributed by atoms with E-state index in [1.54, 1.807) is 10.7 Å². The van der Waals surface area contributed by atoms with E-state index in [4.69, 9.17) is 19.7 Å². The number of ether oxygens (including phenoxy) is 1. The Hall–Kier alpha value is -4.20. The highest BCUT2D eigenvalue weighted by Gasteiger charge is 2.21. The molecule has 3 aromatic heterocycles. The first-order valence-corrected chi connectivity index (χ1v) is 13.4. The first kappa shape index (κ1) is 25.1. The van der Waals surface area contributed by atoms with Crippen molar-refractivity contribution in [3.05, 3.63) is 71.7 Å². The number of aromatic nitrogens is 6. The van der Waals surface area contributed by atoms with Crippen molar-refractivity contribution >= 4 is 5.95 Å². The van der Waals surface area contributed by atoms with Gasteiger partial charge >= 0.3 is 0 Å². The van der Waals surface area contributed by atoms with E-state index in [0.29, 0.717) is 47.7 Å². The van der Waals surface area contributed by atoms with Crippen LogP contribution >= 0.6 is 0 Å². The van der Waals surface area contributed by atoms with Crippen LogP contribution in [-0.2, 0) is 11.3 Å². The van der Waals surface area contributed by atoms with Crippen molar-refractivity contribution in [1.29, 1.82) is 5.26 Å². The van der Waals surface area contributed by atoms with Crippen molar-refractivity contribution in [2.75, 3.05) is 38.7 Å². The predicted molar refractivity (Wildman–Crippen MR) is 147 cm³/mol. The number of nitriles is 1. The fourth-order valence-corrected chi connectivity index (χ4v) is 5.15. The molecule has 39 heavy (non-hydrogen) atoms. The van der Waals surface area contributed by atoms with Gasteiger partial charge in [0.05, 0.1) is 54.1 Å². The number of piperidine rings is 1. The molecule has 2 saturated heterocycles. The summed E-state index contributed by atoms with van der Waals surface area (Å²) in [7, 11) is 2.18. The van der Waals surface area contributed by atoms with E-state index in [-0.39, 0.29) is 6.04 Å². The smallest absolute Gasteiger partial charge is 0.224 e. The number of hydrogen-bond donors (Lipinski definition) is 1. The van der Waals surface area contributed by atoms with E-state index < -0.39 is 0 Å². The maximum absolute atomic E-state index is 9.37. The molecule has 2 aliphatic rings.